The summed E-state index contributed by atoms with van der Waals surface area (Å²) in [5.74, 6) is -0.0431. The zero-order valence-corrected chi connectivity index (χ0v) is 8.32. The quantitative estimate of drug-likeness (QED) is 0.705. The van der Waals surface area contributed by atoms with Crippen LogP contribution in [0.4, 0.5) is 0 Å². The summed E-state index contributed by atoms with van der Waals surface area (Å²) in [6.07, 6.45) is 1.37. The van der Waals surface area contributed by atoms with Crippen LogP contribution in [-0.4, -0.2) is 29.4 Å². The number of ether oxygens (including phenoxy) is 2. The predicted octanol–water partition coefficient (Wildman–Crippen LogP) is 1.07. The van der Waals surface area contributed by atoms with Crippen molar-refractivity contribution in [3.05, 3.63) is 17.4 Å². The highest BCUT2D eigenvalue weighted by molar-refractivity contribution is 6.29. The van der Waals surface area contributed by atoms with Gasteiger partial charge in [0.1, 0.15) is 5.75 Å². The molecule has 0 aliphatic rings. The monoisotopic (exact) mass is 216 g/mol. The molecule has 1 rings (SSSR count). The molecule has 0 saturated carbocycles. The van der Waals surface area contributed by atoms with Crippen LogP contribution in [-0.2, 0) is 9.53 Å². The zero-order valence-electron chi connectivity index (χ0n) is 7.57. The van der Waals surface area contributed by atoms with E-state index in [9.17, 15) is 4.79 Å². The molecule has 0 N–H and O–H groups in total. The van der Waals surface area contributed by atoms with E-state index in [4.69, 9.17) is 16.3 Å². The Kier molecular flexibility index (Phi) is 4.12. The van der Waals surface area contributed by atoms with E-state index in [0.29, 0.717) is 12.4 Å². The number of rotatable bonds is 4. The molecular weight excluding hydrogens is 208 g/mol. The number of hydrogen-bond acceptors (Lipinski definition) is 5. The van der Waals surface area contributed by atoms with Crippen LogP contribution in [0.5, 0.6) is 5.75 Å². The van der Waals surface area contributed by atoms with Crippen LogP contribution in [0.15, 0.2) is 12.3 Å². The second kappa shape index (κ2) is 5.39. The van der Waals surface area contributed by atoms with Gasteiger partial charge in [0.25, 0.3) is 0 Å². The lowest BCUT2D eigenvalue weighted by Gasteiger charge is -2.04. The fourth-order valence-electron chi connectivity index (χ4n) is 0.748. The number of halogens is 1. The molecule has 0 aromatic carbocycles. The Morgan fingerprint density at radius 1 is 1.64 bits per heavy atom. The molecule has 14 heavy (non-hydrogen) atoms. The molecule has 0 atom stereocenters. The molecule has 1 aromatic heterocycles. The first-order valence-electron chi connectivity index (χ1n) is 3.99. The van der Waals surface area contributed by atoms with Crippen LogP contribution in [0.2, 0.25) is 5.15 Å². The maximum Gasteiger partial charge on any atom is 0.344 e. The summed E-state index contributed by atoms with van der Waals surface area (Å²) in [7, 11) is 0. The molecule has 0 aliphatic heterocycles. The maximum absolute atomic E-state index is 10.9. The highest BCUT2D eigenvalue weighted by Crippen LogP contribution is 2.12. The van der Waals surface area contributed by atoms with Gasteiger partial charge < -0.3 is 9.47 Å². The van der Waals surface area contributed by atoms with Crippen molar-refractivity contribution in [3.8, 4) is 5.75 Å². The summed E-state index contributed by atoms with van der Waals surface area (Å²) in [6.45, 7) is 1.90. The summed E-state index contributed by atoms with van der Waals surface area (Å²) in [6, 6.07) is 1.47. The van der Waals surface area contributed by atoms with Crippen LogP contribution in [0.1, 0.15) is 6.92 Å². The fourth-order valence-corrected chi connectivity index (χ4v) is 0.899. The van der Waals surface area contributed by atoms with Crippen LogP contribution >= 0.6 is 11.6 Å². The fraction of sp³-hybridized carbons (Fsp3) is 0.375. The minimum absolute atomic E-state index is 0.157. The van der Waals surface area contributed by atoms with E-state index in [-0.39, 0.29) is 11.8 Å². The molecule has 1 aromatic rings. The van der Waals surface area contributed by atoms with Gasteiger partial charge in [-0.2, -0.15) is 5.10 Å². The normalized spacial score (nSPS) is 9.57. The molecule has 0 amide bonds. The van der Waals surface area contributed by atoms with Crippen molar-refractivity contribution in [2.24, 2.45) is 0 Å². The van der Waals surface area contributed by atoms with E-state index < -0.39 is 5.97 Å². The first kappa shape index (κ1) is 10.7. The number of aromatic nitrogens is 2. The molecule has 6 heteroatoms. The number of nitrogens with zero attached hydrogens (tertiary/aromatic N) is 2. The summed E-state index contributed by atoms with van der Waals surface area (Å²) >= 11 is 5.55. The molecule has 0 saturated heterocycles. The second-order valence-corrected chi connectivity index (χ2v) is 2.69. The number of carbonyl (C=O) groups excluding carboxylic acids is 1. The van der Waals surface area contributed by atoms with Crippen molar-refractivity contribution >= 4 is 17.6 Å². The van der Waals surface area contributed by atoms with E-state index in [1.165, 1.54) is 12.3 Å². The van der Waals surface area contributed by atoms with Crippen molar-refractivity contribution < 1.29 is 14.3 Å². The summed E-state index contributed by atoms with van der Waals surface area (Å²) in [4.78, 5) is 10.9. The van der Waals surface area contributed by atoms with Crippen molar-refractivity contribution in [2.75, 3.05) is 13.2 Å². The van der Waals surface area contributed by atoms with Crippen LogP contribution in [0.25, 0.3) is 0 Å². The summed E-state index contributed by atoms with van der Waals surface area (Å²) < 4.78 is 9.70. The van der Waals surface area contributed by atoms with Gasteiger partial charge in [-0.15, -0.1) is 5.10 Å². The van der Waals surface area contributed by atoms with Gasteiger partial charge >= 0.3 is 5.97 Å². The molecule has 76 valence electrons. The largest absolute Gasteiger partial charge is 0.480 e. The van der Waals surface area contributed by atoms with Gasteiger partial charge in [0.2, 0.25) is 0 Å². The zero-order chi connectivity index (χ0) is 10.4. The lowest BCUT2D eigenvalue weighted by Crippen LogP contribution is -2.14. The molecule has 0 fully saturated rings. The van der Waals surface area contributed by atoms with Gasteiger partial charge in [-0.25, -0.2) is 4.79 Å². The average Bonchev–Trinajstić information content (AvgIpc) is 2.15. The molecule has 0 spiro atoms. The third kappa shape index (κ3) is 3.57. The van der Waals surface area contributed by atoms with Gasteiger partial charge in [-0.1, -0.05) is 11.6 Å². The summed E-state index contributed by atoms with van der Waals surface area (Å²) in [5.41, 5.74) is 0. The smallest absolute Gasteiger partial charge is 0.344 e. The molecule has 0 aliphatic carbocycles. The van der Waals surface area contributed by atoms with Gasteiger partial charge in [-0.3, -0.25) is 0 Å². The van der Waals surface area contributed by atoms with Crippen molar-refractivity contribution in [2.45, 2.75) is 6.92 Å². The van der Waals surface area contributed by atoms with E-state index >= 15 is 0 Å². The standard InChI is InChI=1S/C8H9ClN2O3/c1-2-13-8(12)5-14-6-3-7(9)11-10-4-6/h3-4H,2,5H2,1H3. The Hall–Kier alpha value is -1.36. The topological polar surface area (TPSA) is 61.3 Å². The Morgan fingerprint density at radius 2 is 2.43 bits per heavy atom. The number of carbonyl (C=O) groups is 1. The van der Waals surface area contributed by atoms with Crippen LogP contribution in [0.3, 0.4) is 0 Å². The van der Waals surface area contributed by atoms with Gasteiger partial charge in [0.15, 0.2) is 11.8 Å². The van der Waals surface area contributed by atoms with Crippen LogP contribution in [0, 0.1) is 0 Å². The van der Waals surface area contributed by atoms with Crippen LogP contribution < -0.4 is 4.74 Å². The molecule has 1 heterocycles. The first-order valence-corrected chi connectivity index (χ1v) is 4.37. The lowest BCUT2D eigenvalue weighted by molar-refractivity contribution is -0.145. The maximum atomic E-state index is 10.9. The van der Waals surface area contributed by atoms with E-state index in [2.05, 4.69) is 14.9 Å². The van der Waals surface area contributed by atoms with E-state index in [1.807, 2.05) is 0 Å². The minimum atomic E-state index is -0.430. The third-order valence-corrected chi connectivity index (χ3v) is 1.45. The highest BCUT2D eigenvalue weighted by Gasteiger charge is 2.03. The Labute approximate surface area is 86.0 Å². The van der Waals surface area contributed by atoms with Gasteiger partial charge in [0, 0.05) is 6.07 Å². The predicted molar refractivity (Wildman–Crippen MR) is 49.2 cm³/mol. The van der Waals surface area contributed by atoms with Crippen molar-refractivity contribution in [3.63, 3.8) is 0 Å². The van der Waals surface area contributed by atoms with Crippen molar-refractivity contribution in [1.29, 1.82) is 0 Å². The second-order valence-electron chi connectivity index (χ2n) is 2.31. The van der Waals surface area contributed by atoms with Gasteiger partial charge in [0.05, 0.1) is 12.8 Å². The highest BCUT2D eigenvalue weighted by atomic mass is 35.5. The first-order chi connectivity index (χ1) is 6.72. The molecule has 0 radical (unpaired) electrons. The van der Waals surface area contributed by atoms with Gasteiger partial charge in [-0.05, 0) is 6.92 Å². The Morgan fingerprint density at radius 3 is 3.07 bits per heavy atom. The third-order valence-electron chi connectivity index (χ3n) is 1.26. The molecule has 0 bridgehead atoms. The average molecular weight is 217 g/mol. The van der Waals surface area contributed by atoms with Crippen molar-refractivity contribution in [1.82, 2.24) is 10.2 Å². The Balaban J connectivity index is 2.41. The summed E-state index contributed by atoms with van der Waals surface area (Å²) in [5, 5.41) is 7.29. The molecular formula is C8H9ClN2O3. The SMILES string of the molecule is CCOC(=O)COc1cnnc(Cl)c1. The Bertz CT molecular complexity index is 319. The molecule has 0 unspecified atom stereocenters. The van der Waals surface area contributed by atoms with E-state index in [1.54, 1.807) is 6.92 Å². The lowest BCUT2D eigenvalue weighted by atomic mass is 10.5. The number of hydrogen-bond donors (Lipinski definition) is 0. The molecule has 5 nitrogen and oxygen atoms in total. The number of esters is 1. The minimum Gasteiger partial charge on any atom is -0.480 e. The van der Waals surface area contributed by atoms with E-state index in [0.717, 1.165) is 0 Å².